The summed E-state index contributed by atoms with van der Waals surface area (Å²) in [4.78, 5) is 22.2. The standard InChI is InChI=1S/C13H20N6OS/c1-5-9(2)10-7-21-12(16-10)17-13(20)18(3)6-11-14-8-15-19(11)4/h7-9H,5-6H2,1-4H3,(H,16,17,20)/t9-/m1/s1. The summed E-state index contributed by atoms with van der Waals surface area (Å²) < 4.78 is 1.65. The van der Waals surface area contributed by atoms with Crippen LogP contribution in [0, 0.1) is 0 Å². The molecule has 2 aromatic heterocycles. The Bertz CT molecular complexity index is 607. The molecule has 0 fully saturated rings. The summed E-state index contributed by atoms with van der Waals surface area (Å²) in [6.45, 7) is 4.64. The van der Waals surface area contributed by atoms with Crippen molar-refractivity contribution in [2.45, 2.75) is 32.7 Å². The first-order valence-electron chi connectivity index (χ1n) is 6.81. The Morgan fingerprint density at radius 2 is 2.33 bits per heavy atom. The number of nitrogens with one attached hydrogen (secondary N) is 1. The molecule has 1 atom stereocenters. The van der Waals surface area contributed by atoms with Gasteiger partial charge in [-0.1, -0.05) is 13.8 Å². The van der Waals surface area contributed by atoms with Crippen molar-refractivity contribution >= 4 is 22.5 Å². The highest BCUT2D eigenvalue weighted by molar-refractivity contribution is 7.13. The number of rotatable bonds is 5. The van der Waals surface area contributed by atoms with E-state index in [0.717, 1.165) is 17.9 Å². The number of carbonyl (C=O) groups is 1. The highest BCUT2D eigenvalue weighted by Gasteiger charge is 2.15. The molecule has 0 bridgehead atoms. The van der Waals surface area contributed by atoms with E-state index >= 15 is 0 Å². The molecule has 1 N–H and O–H groups in total. The Hall–Kier alpha value is -1.96. The van der Waals surface area contributed by atoms with Crippen LogP contribution in [-0.4, -0.2) is 37.7 Å². The summed E-state index contributed by atoms with van der Waals surface area (Å²) >= 11 is 1.45. The van der Waals surface area contributed by atoms with Gasteiger partial charge in [0.2, 0.25) is 0 Å². The van der Waals surface area contributed by atoms with Crippen LogP contribution in [0.4, 0.5) is 9.93 Å². The number of urea groups is 1. The van der Waals surface area contributed by atoms with Crippen molar-refractivity contribution in [1.82, 2.24) is 24.6 Å². The topological polar surface area (TPSA) is 75.9 Å². The monoisotopic (exact) mass is 308 g/mol. The second kappa shape index (κ2) is 6.66. The third kappa shape index (κ3) is 3.78. The molecule has 0 saturated carbocycles. The number of anilines is 1. The fourth-order valence-electron chi connectivity index (χ4n) is 1.71. The molecule has 0 spiro atoms. The third-order valence-corrected chi connectivity index (χ3v) is 4.16. The van der Waals surface area contributed by atoms with Crippen LogP contribution in [0.1, 0.15) is 37.7 Å². The van der Waals surface area contributed by atoms with Gasteiger partial charge in [-0.05, 0) is 12.3 Å². The predicted octanol–water partition coefficient (Wildman–Crippen LogP) is 2.45. The van der Waals surface area contributed by atoms with E-state index in [0.29, 0.717) is 17.6 Å². The van der Waals surface area contributed by atoms with Crippen LogP contribution < -0.4 is 5.32 Å². The van der Waals surface area contributed by atoms with E-state index in [1.54, 1.807) is 23.7 Å². The molecule has 21 heavy (non-hydrogen) atoms. The number of aromatic nitrogens is 4. The van der Waals surface area contributed by atoms with Crippen LogP contribution in [0.25, 0.3) is 0 Å². The fourth-order valence-corrected chi connectivity index (χ4v) is 2.53. The van der Waals surface area contributed by atoms with Gasteiger partial charge in [-0.2, -0.15) is 5.10 Å². The zero-order chi connectivity index (χ0) is 15.4. The largest absolute Gasteiger partial charge is 0.323 e. The van der Waals surface area contributed by atoms with E-state index in [1.165, 1.54) is 17.7 Å². The lowest BCUT2D eigenvalue weighted by atomic mass is 10.1. The average Bonchev–Trinajstić information content (AvgIpc) is 3.08. The molecule has 0 aliphatic heterocycles. The zero-order valence-corrected chi connectivity index (χ0v) is 13.5. The van der Waals surface area contributed by atoms with Gasteiger partial charge >= 0.3 is 6.03 Å². The second-order valence-corrected chi connectivity index (χ2v) is 5.83. The number of nitrogens with zero attached hydrogens (tertiary/aromatic N) is 5. The number of carbonyl (C=O) groups excluding carboxylic acids is 1. The molecule has 0 saturated heterocycles. The highest BCUT2D eigenvalue weighted by atomic mass is 32.1. The van der Waals surface area contributed by atoms with Crippen molar-refractivity contribution in [2.24, 2.45) is 7.05 Å². The summed E-state index contributed by atoms with van der Waals surface area (Å²) in [7, 11) is 3.51. The van der Waals surface area contributed by atoms with Crippen molar-refractivity contribution < 1.29 is 4.79 Å². The lowest BCUT2D eigenvalue weighted by Crippen LogP contribution is -2.31. The van der Waals surface area contributed by atoms with Crippen molar-refractivity contribution in [1.29, 1.82) is 0 Å². The Balaban J connectivity index is 1.94. The molecule has 0 aromatic carbocycles. The number of hydrogen-bond donors (Lipinski definition) is 1. The minimum Gasteiger partial charge on any atom is -0.320 e. The molecule has 2 amide bonds. The van der Waals surface area contributed by atoms with Crippen LogP contribution in [0.3, 0.4) is 0 Å². The molecule has 0 aliphatic rings. The van der Waals surface area contributed by atoms with Crippen molar-refractivity contribution in [3.63, 3.8) is 0 Å². The third-order valence-electron chi connectivity index (χ3n) is 3.38. The first-order valence-corrected chi connectivity index (χ1v) is 7.69. The number of amides is 2. The van der Waals surface area contributed by atoms with Gasteiger partial charge in [-0.25, -0.2) is 14.8 Å². The summed E-state index contributed by atoms with van der Waals surface area (Å²) in [5.74, 6) is 1.13. The molecular weight excluding hydrogens is 288 g/mol. The van der Waals surface area contributed by atoms with Crippen LogP contribution in [0.2, 0.25) is 0 Å². The Kier molecular flexibility index (Phi) is 4.89. The highest BCUT2D eigenvalue weighted by Crippen LogP contribution is 2.24. The molecule has 7 nitrogen and oxygen atoms in total. The van der Waals surface area contributed by atoms with Crippen LogP contribution in [-0.2, 0) is 13.6 Å². The summed E-state index contributed by atoms with van der Waals surface area (Å²) in [6.07, 6.45) is 2.50. The molecule has 114 valence electrons. The van der Waals surface area contributed by atoms with E-state index in [9.17, 15) is 4.79 Å². The Labute approximate surface area is 128 Å². The van der Waals surface area contributed by atoms with E-state index in [1.807, 2.05) is 5.38 Å². The van der Waals surface area contributed by atoms with Crippen molar-refractivity contribution in [2.75, 3.05) is 12.4 Å². The Morgan fingerprint density at radius 3 is 2.95 bits per heavy atom. The summed E-state index contributed by atoms with van der Waals surface area (Å²) in [5, 5.41) is 9.41. The van der Waals surface area contributed by atoms with Gasteiger partial charge in [0.25, 0.3) is 0 Å². The quantitative estimate of drug-likeness (QED) is 0.920. The SMILES string of the molecule is CC[C@@H](C)c1csc(NC(=O)N(C)Cc2ncnn2C)n1. The van der Waals surface area contributed by atoms with E-state index in [4.69, 9.17) is 0 Å². The van der Waals surface area contributed by atoms with Gasteiger partial charge in [-0.3, -0.25) is 10.00 Å². The maximum atomic E-state index is 12.1. The minimum absolute atomic E-state index is 0.206. The van der Waals surface area contributed by atoms with Crippen LogP contribution in [0.15, 0.2) is 11.7 Å². The van der Waals surface area contributed by atoms with Gasteiger partial charge in [0, 0.05) is 19.5 Å². The molecule has 2 aromatic rings. The number of hydrogen-bond acceptors (Lipinski definition) is 5. The van der Waals surface area contributed by atoms with Gasteiger partial charge in [-0.15, -0.1) is 11.3 Å². The maximum Gasteiger partial charge on any atom is 0.323 e. The lowest BCUT2D eigenvalue weighted by molar-refractivity contribution is 0.219. The molecule has 0 radical (unpaired) electrons. The van der Waals surface area contributed by atoms with Crippen LogP contribution >= 0.6 is 11.3 Å². The first kappa shape index (κ1) is 15.4. The van der Waals surface area contributed by atoms with E-state index < -0.39 is 0 Å². The molecule has 2 heterocycles. The maximum absolute atomic E-state index is 12.1. The summed E-state index contributed by atoms with van der Waals surface area (Å²) in [6, 6.07) is -0.206. The zero-order valence-electron chi connectivity index (χ0n) is 12.7. The molecular formula is C13H20N6OS. The van der Waals surface area contributed by atoms with Gasteiger partial charge < -0.3 is 4.90 Å². The average molecular weight is 308 g/mol. The smallest absolute Gasteiger partial charge is 0.320 e. The molecule has 0 aliphatic carbocycles. The number of thiazole rings is 1. The fraction of sp³-hybridized carbons (Fsp3) is 0.538. The molecule has 2 rings (SSSR count). The normalized spacial score (nSPS) is 12.2. The van der Waals surface area contributed by atoms with Crippen molar-refractivity contribution in [3.05, 3.63) is 23.2 Å². The molecule has 0 unspecified atom stereocenters. The lowest BCUT2D eigenvalue weighted by Gasteiger charge is -2.16. The second-order valence-electron chi connectivity index (χ2n) is 4.97. The van der Waals surface area contributed by atoms with E-state index in [-0.39, 0.29) is 6.03 Å². The molecule has 8 heteroatoms. The predicted molar refractivity (Wildman–Crippen MR) is 82.3 cm³/mol. The minimum atomic E-state index is -0.206. The summed E-state index contributed by atoms with van der Waals surface area (Å²) in [5.41, 5.74) is 1.02. The van der Waals surface area contributed by atoms with E-state index in [2.05, 4.69) is 34.2 Å². The van der Waals surface area contributed by atoms with Crippen molar-refractivity contribution in [3.8, 4) is 0 Å². The van der Waals surface area contributed by atoms with Gasteiger partial charge in [0.15, 0.2) is 5.13 Å². The first-order chi connectivity index (χ1) is 10.0. The van der Waals surface area contributed by atoms with Crippen LogP contribution in [0.5, 0.6) is 0 Å². The van der Waals surface area contributed by atoms with Gasteiger partial charge in [0.05, 0.1) is 12.2 Å². The Morgan fingerprint density at radius 1 is 1.57 bits per heavy atom. The number of aryl methyl sites for hydroxylation is 1. The van der Waals surface area contributed by atoms with Gasteiger partial charge in [0.1, 0.15) is 12.2 Å².